The van der Waals surface area contributed by atoms with E-state index in [1.807, 2.05) is 31.9 Å². The summed E-state index contributed by atoms with van der Waals surface area (Å²) in [5, 5.41) is 0.919. The van der Waals surface area contributed by atoms with E-state index in [-0.39, 0.29) is 5.82 Å². The lowest BCUT2D eigenvalue weighted by molar-refractivity contribution is 0.320. The van der Waals surface area contributed by atoms with Crippen molar-refractivity contribution < 1.29 is 9.13 Å². The lowest BCUT2D eigenvalue weighted by Crippen LogP contribution is -2.15. The maximum absolute atomic E-state index is 14.1. The first-order valence-electron chi connectivity index (χ1n) is 7.08. The number of hydrogen-bond acceptors (Lipinski definition) is 2. The molecule has 1 heterocycles. The predicted octanol–water partition coefficient (Wildman–Crippen LogP) is 3.21. The summed E-state index contributed by atoms with van der Waals surface area (Å²) in [6.07, 6.45) is 3.84. The van der Waals surface area contributed by atoms with Crippen molar-refractivity contribution in [2.24, 2.45) is 7.05 Å². The Balaban J connectivity index is 2.48. The van der Waals surface area contributed by atoms with Crippen molar-refractivity contribution in [1.82, 2.24) is 9.47 Å². The van der Waals surface area contributed by atoms with Crippen LogP contribution in [-0.4, -0.2) is 36.7 Å². The van der Waals surface area contributed by atoms with Crippen LogP contribution in [0.5, 0.6) is 5.75 Å². The van der Waals surface area contributed by atoms with Crippen molar-refractivity contribution in [1.29, 1.82) is 0 Å². The Morgan fingerprint density at radius 1 is 1.30 bits per heavy atom. The van der Waals surface area contributed by atoms with Gasteiger partial charge in [-0.05, 0) is 44.6 Å². The molecular formula is C16H23FN2O. The molecule has 0 unspecified atom stereocenters. The molecule has 0 bridgehead atoms. The molecule has 0 fully saturated rings. The summed E-state index contributed by atoms with van der Waals surface area (Å²) in [6.45, 7) is 3.66. The number of aryl methyl sites for hydroxylation is 1. The molecule has 0 N–H and O–H groups in total. The molecule has 0 aliphatic carbocycles. The molecule has 0 spiro atoms. The molecule has 0 aliphatic rings. The van der Waals surface area contributed by atoms with Gasteiger partial charge in [0.2, 0.25) is 0 Å². The number of ether oxygens (including phenoxy) is 1. The minimum atomic E-state index is -0.192. The Labute approximate surface area is 119 Å². The van der Waals surface area contributed by atoms with Gasteiger partial charge >= 0.3 is 0 Å². The minimum Gasteiger partial charge on any atom is -0.493 e. The zero-order chi connectivity index (χ0) is 14.7. The SMILES string of the molecule is CCCOc1ccc(F)c2c1c(CCN(C)C)cn2C. The summed E-state index contributed by atoms with van der Waals surface area (Å²) in [5.74, 6) is 0.597. The number of halogens is 1. The van der Waals surface area contributed by atoms with Crippen molar-refractivity contribution in [3.63, 3.8) is 0 Å². The van der Waals surface area contributed by atoms with E-state index in [1.54, 1.807) is 6.07 Å². The summed E-state index contributed by atoms with van der Waals surface area (Å²) < 4.78 is 21.7. The minimum absolute atomic E-state index is 0.192. The Morgan fingerprint density at radius 2 is 2.05 bits per heavy atom. The van der Waals surface area contributed by atoms with Gasteiger partial charge in [0, 0.05) is 25.2 Å². The Kier molecular flexibility index (Phi) is 4.65. The van der Waals surface area contributed by atoms with Crippen molar-refractivity contribution in [3.8, 4) is 5.75 Å². The second kappa shape index (κ2) is 6.27. The fourth-order valence-electron chi connectivity index (χ4n) is 2.43. The second-order valence-electron chi connectivity index (χ2n) is 5.44. The van der Waals surface area contributed by atoms with Crippen LogP contribution in [0.1, 0.15) is 18.9 Å². The first-order chi connectivity index (χ1) is 9.54. The summed E-state index contributed by atoms with van der Waals surface area (Å²) in [7, 11) is 5.97. The standard InChI is InChI=1S/C16H23FN2O/c1-5-10-20-14-7-6-13(17)16-15(14)12(11-19(16)4)8-9-18(2)3/h6-7,11H,5,8-10H2,1-4H3. The smallest absolute Gasteiger partial charge is 0.147 e. The van der Waals surface area contributed by atoms with Crippen LogP contribution in [0.2, 0.25) is 0 Å². The van der Waals surface area contributed by atoms with Crippen molar-refractivity contribution >= 4 is 10.9 Å². The van der Waals surface area contributed by atoms with Crippen LogP contribution in [0.4, 0.5) is 4.39 Å². The lowest BCUT2D eigenvalue weighted by Gasteiger charge is -2.11. The van der Waals surface area contributed by atoms with Gasteiger partial charge in [-0.25, -0.2) is 4.39 Å². The molecule has 110 valence electrons. The fourth-order valence-corrected chi connectivity index (χ4v) is 2.43. The molecule has 0 amide bonds. The monoisotopic (exact) mass is 278 g/mol. The van der Waals surface area contributed by atoms with Gasteiger partial charge < -0.3 is 14.2 Å². The van der Waals surface area contributed by atoms with Gasteiger partial charge in [0.05, 0.1) is 12.1 Å². The third-order valence-corrected chi connectivity index (χ3v) is 3.40. The largest absolute Gasteiger partial charge is 0.493 e. The number of rotatable bonds is 6. The highest BCUT2D eigenvalue weighted by Gasteiger charge is 2.15. The fraction of sp³-hybridized carbons (Fsp3) is 0.500. The zero-order valence-corrected chi connectivity index (χ0v) is 12.7. The summed E-state index contributed by atoms with van der Waals surface area (Å²) in [4.78, 5) is 2.13. The molecule has 4 heteroatoms. The summed E-state index contributed by atoms with van der Waals surface area (Å²) in [6, 6.07) is 3.23. The van der Waals surface area contributed by atoms with E-state index in [0.717, 1.165) is 36.1 Å². The molecule has 2 rings (SSSR count). The van der Waals surface area contributed by atoms with Gasteiger partial charge in [-0.2, -0.15) is 0 Å². The average molecular weight is 278 g/mol. The van der Waals surface area contributed by atoms with Crippen molar-refractivity contribution in [2.45, 2.75) is 19.8 Å². The van der Waals surface area contributed by atoms with E-state index in [4.69, 9.17) is 4.74 Å². The first-order valence-corrected chi connectivity index (χ1v) is 7.08. The number of nitrogens with zero attached hydrogens (tertiary/aromatic N) is 2. The number of hydrogen-bond donors (Lipinski definition) is 0. The second-order valence-corrected chi connectivity index (χ2v) is 5.44. The maximum atomic E-state index is 14.1. The molecule has 20 heavy (non-hydrogen) atoms. The number of likely N-dealkylation sites (N-methyl/N-ethyl adjacent to an activating group) is 1. The van der Waals surface area contributed by atoms with Gasteiger partial charge in [-0.3, -0.25) is 0 Å². The average Bonchev–Trinajstić information content (AvgIpc) is 2.74. The number of aromatic nitrogens is 1. The zero-order valence-electron chi connectivity index (χ0n) is 12.7. The van der Waals surface area contributed by atoms with Crippen LogP contribution >= 0.6 is 0 Å². The topological polar surface area (TPSA) is 17.4 Å². The number of benzene rings is 1. The molecule has 0 saturated carbocycles. The van der Waals surface area contributed by atoms with Crippen LogP contribution < -0.4 is 4.74 Å². The molecular weight excluding hydrogens is 255 g/mol. The quantitative estimate of drug-likeness (QED) is 0.807. The van der Waals surface area contributed by atoms with E-state index in [9.17, 15) is 4.39 Å². The Hall–Kier alpha value is -1.55. The third-order valence-electron chi connectivity index (χ3n) is 3.40. The molecule has 0 aliphatic heterocycles. The van der Waals surface area contributed by atoms with E-state index in [2.05, 4.69) is 11.8 Å². The Morgan fingerprint density at radius 3 is 2.70 bits per heavy atom. The molecule has 1 aromatic carbocycles. The van der Waals surface area contributed by atoms with Crippen molar-refractivity contribution in [3.05, 3.63) is 29.7 Å². The van der Waals surface area contributed by atoms with Gasteiger partial charge in [0.15, 0.2) is 0 Å². The van der Waals surface area contributed by atoms with E-state index in [1.165, 1.54) is 6.07 Å². The van der Waals surface area contributed by atoms with E-state index >= 15 is 0 Å². The highest BCUT2D eigenvalue weighted by molar-refractivity contribution is 5.90. The summed E-state index contributed by atoms with van der Waals surface area (Å²) >= 11 is 0. The van der Waals surface area contributed by atoms with E-state index < -0.39 is 0 Å². The Bertz CT molecular complexity index is 590. The highest BCUT2D eigenvalue weighted by atomic mass is 19.1. The van der Waals surface area contributed by atoms with Gasteiger partial charge in [0.25, 0.3) is 0 Å². The number of fused-ring (bicyclic) bond motifs is 1. The van der Waals surface area contributed by atoms with Gasteiger partial charge in [-0.1, -0.05) is 6.92 Å². The summed E-state index contributed by atoms with van der Waals surface area (Å²) in [5.41, 5.74) is 1.77. The first kappa shape index (κ1) is 14.9. The molecule has 1 aromatic heterocycles. The van der Waals surface area contributed by atoms with E-state index in [0.29, 0.717) is 12.1 Å². The van der Waals surface area contributed by atoms with Crippen LogP contribution in [0.3, 0.4) is 0 Å². The van der Waals surface area contributed by atoms with Crippen molar-refractivity contribution in [2.75, 3.05) is 27.2 Å². The molecule has 3 nitrogen and oxygen atoms in total. The molecule has 0 atom stereocenters. The van der Waals surface area contributed by atoms with Crippen LogP contribution in [-0.2, 0) is 13.5 Å². The van der Waals surface area contributed by atoms with Crippen LogP contribution in [0.15, 0.2) is 18.3 Å². The molecule has 2 aromatic rings. The lowest BCUT2D eigenvalue weighted by atomic mass is 10.1. The predicted molar refractivity (Wildman–Crippen MR) is 80.9 cm³/mol. The molecule has 0 saturated heterocycles. The maximum Gasteiger partial charge on any atom is 0.147 e. The van der Waals surface area contributed by atoms with Gasteiger partial charge in [0.1, 0.15) is 11.6 Å². The molecule has 0 radical (unpaired) electrons. The van der Waals surface area contributed by atoms with Gasteiger partial charge in [-0.15, -0.1) is 0 Å². The van der Waals surface area contributed by atoms with Crippen LogP contribution in [0, 0.1) is 5.82 Å². The normalized spacial score (nSPS) is 11.5. The highest BCUT2D eigenvalue weighted by Crippen LogP contribution is 2.32. The third kappa shape index (κ3) is 2.96. The van der Waals surface area contributed by atoms with Crippen LogP contribution in [0.25, 0.3) is 10.9 Å².